The van der Waals surface area contributed by atoms with Crippen molar-refractivity contribution in [2.45, 2.75) is 44.2 Å². The summed E-state index contributed by atoms with van der Waals surface area (Å²) >= 11 is 1.35. The number of H-pyrrole nitrogens is 1. The van der Waals surface area contributed by atoms with E-state index >= 15 is 0 Å². The van der Waals surface area contributed by atoms with Gasteiger partial charge in [0.05, 0.1) is 24.5 Å². The third-order valence-corrected chi connectivity index (χ3v) is 6.76. The predicted molar refractivity (Wildman–Crippen MR) is 126 cm³/mol. The quantitative estimate of drug-likeness (QED) is 0.337. The molecule has 1 amide bonds. The SMILES string of the molecule is O=C(Nc1cn([C@H]2CC[C@H](NCC(F)F)CC2)nc1-c1ncccn1)c1csc(-c2cn[nH]c2)n1. The lowest BCUT2D eigenvalue weighted by molar-refractivity contribution is 0.102. The number of rotatable bonds is 8. The molecule has 10 nitrogen and oxygen atoms in total. The Bertz CT molecular complexity index is 1250. The van der Waals surface area contributed by atoms with Crippen LogP contribution in [0.15, 0.2) is 42.4 Å². The number of hydrogen-bond donors (Lipinski definition) is 3. The van der Waals surface area contributed by atoms with Crippen LogP contribution in [0.25, 0.3) is 22.1 Å². The predicted octanol–water partition coefficient (Wildman–Crippen LogP) is 3.78. The number of carbonyl (C=O) groups is 1. The average Bonchev–Trinajstić information content (AvgIpc) is 3.64. The van der Waals surface area contributed by atoms with Crippen LogP contribution in [0.2, 0.25) is 0 Å². The zero-order chi connectivity index (χ0) is 24.2. The van der Waals surface area contributed by atoms with Gasteiger partial charge < -0.3 is 10.6 Å². The maximum atomic E-state index is 13.0. The highest BCUT2D eigenvalue weighted by atomic mass is 32.1. The van der Waals surface area contributed by atoms with E-state index in [2.05, 4.69) is 35.8 Å². The van der Waals surface area contributed by atoms with Crippen LogP contribution in [-0.2, 0) is 0 Å². The molecule has 182 valence electrons. The molecule has 0 atom stereocenters. The Morgan fingerprint density at radius 2 is 2.03 bits per heavy atom. The summed E-state index contributed by atoms with van der Waals surface area (Å²) in [4.78, 5) is 26.0. The van der Waals surface area contributed by atoms with Gasteiger partial charge in [0.2, 0.25) is 0 Å². The van der Waals surface area contributed by atoms with E-state index in [1.807, 2.05) is 4.68 Å². The van der Waals surface area contributed by atoms with Gasteiger partial charge in [0, 0.05) is 41.8 Å². The molecule has 0 radical (unpaired) electrons. The molecular formula is C22H23F2N9OS. The normalized spacial score (nSPS) is 18.1. The van der Waals surface area contributed by atoms with Crippen LogP contribution in [0.5, 0.6) is 0 Å². The summed E-state index contributed by atoms with van der Waals surface area (Å²) in [6.07, 6.45) is 9.13. The van der Waals surface area contributed by atoms with Crippen molar-refractivity contribution in [1.29, 1.82) is 0 Å². The minimum absolute atomic E-state index is 0.0704. The average molecular weight is 500 g/mol. The number of aromatic nitrogens is 7. The first-order valence-electron chi connectivity index (χ1n) is 11.2. The fourth-order valence-corrected chi connectivity index (χ4v) is 4.90. The summed E-state index contributed by atoms with van der Waals surface area (Å²) in [5.41, 5.74) is 2.03. The third kappa shape index (κ3) is 5.41. The van der Waals surface area contributed by atoms with Gasteiger partial charge in [-0.3, -0.25) is 14.6 Å². The lowest BCUT2D eigenvalue weighted by Crippen LogP contribution is -2.36. The van der Waals surface area contributed by atoms with E-state index in [0.717, 1.165) is 31.2 Å². The number of nitrogens with zero attached hydrogens (tertiary/aromatic N) is 6. The number of alkyl halides is 2. The van der Waals surface area contributed by atoms with E-state index < -0.39 is 6.43 Å². The number of thiazole rings is 1. The molecule has 4 aromatic heterocycles. The molecular weight excluding hydrogens is 476 g/mol. The lowest BCUT2D eigenvalue weighted by Gasteiger charge is -2.29. The van der Waals surface area contributed by atoms with E-state index in [9.17, 15) is 13.6 Å². The number of halogens is 2. The zero-order valence-corrected chi connectivity index (χ0v) is 19.4. The second kappa shape index (κ2) is 10.4. The van der Waals surface area contributed by atoms with Crippen LogP contribution in [0, 0.1) is 0 Å². The number of anilines is 1. The Morgan fingerprint density at radius 1 is 1.23 bits per heavy atom. The molecule has 4 heterocycles. The van der Waals surface area contributed by atoms with E-state index in [1.54, 1.807) is 42.4 Å². The highest BCUT2D eigenvalue weighted by Crippen LogP contribution is 2.32. The molecule has 0 aromatic carbocycles. The van der Waals surface area contributed by atoms with Gasteiger partial charge in [0.1, 0.15) is 10.7 Å². The van der Waals surface area contributed by atoms with Crippen LogP contribution in [-0.4, -0.2) is 59.8 Å². The molecule has 1 aliphatic rings. The summed E-state index contributed by atoms with van der Waals surface area (Å²) in [6, 6.07) is 1.86. The number of hydrogen-bond acceptors (Lipinski definition) is 8. The molecule has 3 N–H and O–H groups in total. The fourth-order valence-electron chi connectivity index (χ4n) is 4.12. The summed E-state index contributed by atoms with van der Waals surface area (Å²) in [7, 11) is 0. The lowest BCUT2D eigenvalue weighted by atomic mass is 9.91. The van der Waals surface area contributed by atoms with Crippen molar-refractivity contribution in [3.63, 3.8) is 0 Å². The Morgan fingerprint density at radius 3 is 2.74 bits per heavy atom. The van der Waals surface area contributed by atoms with Crippen LogP contribution in [0.3, 0.4) is 0 Å². The van der Waals surface area contributed by atoms with Gasteiger partial charge >= 0.3 is 0 Å². The van der Waals surface area contributed by atoms with Crippen LogP contribution >= 0.6 is 11.3 Å². The Balaban J connectivity index is 1.34. The van der Waals surface area contributed by atoms with Crippen LogP contribution in [0.1, 0.15) is 42.2 Å². The van der Waals surface area contributed by atoms with Gasteiger partial charge in [-0.25, -0.2) is 23.7 Å². The van der Waals surface area contributed by atoms with Crippen molar-refractivity contribution in [2.24, 2.45) is 0 Å². The van der Waals surface area contributed by atoms with E-state index in [0.29, 0.717) is 22.2 Å². The first-order valence-corrected chi connectivity index (χ1v) is 12.1. The van der Waals surface area contributed by atoms with Crippen molar-refractivity contribution in [3.05, 3.63) is 48.1 Å². The largest absolute Gasteiger partial charge is 0.317 e. The Kier molecular flexibility index (Phi) is 6.86. The molecule has 0 saturated heterocycles. The minimum Gasteiger partial charge on any atom is -0.317 e. The second-order valence-electron chi connectivity index (χ2n) is 8.23. The molecule has 0 unspecified atom stereocenters. The van der Waals surface area contributed by atoms with Crippen LogP contribution < -0.4 is 10.6 Å². The first kappa shape index (κ1) is 23.2. The van der Waals surface area contributed by atoms with Crippen molar-refractivity contribution >= 4 is 22.9 Å². The fraction of sp³-hybridized carbons (Fsp3) is 0.364. The molecule has 5 rings (SSSR count). The molecule has 0 spiro atoms. The van der Waals surface area contributed by atoms with Crippen molar-refractivity contribution in [1.82, 2.24) is 40.2 Å². The molecule has 13 heteroatoms. The number of nitrogens with one attached hydrogen (secondary N) is 3. The van der Waals surface area contributed by atoms with Gasteiger partial charge in [0.15, 0.2) is 11.5 Å². The number of amides is 1. The Hall–Kier alpha value is -3.58. The molecule has 1 saturated carbocycles. The minimum atomic E-state index is -2.35. The summed E-state index contributed by atoms with van der Waals surface area (Å²) in [5, 5.41) is 19.6. The van der Waals surface area contributed by atoms with E-state index in [-0.39, 0.29) is 30.2 Å². The maximum absolute atomic E-state index is 13.0. The number of aromatic amines is 1. The molecule has 0 aliphatic heterocycles. The van der Waals surface area contributed by atoms with Crippen molar-refractivity contribution in [3.8, 4) is 22.1 Å². The maximum Gasteiger partial charge on any atom is 0.275 e. The van der Waals surface area contributed by atoms with Gasteiger partial charge in [-0.1, -0.05) is 0 Å². The van der Waals surface area contributed by atoms with Crippen molar-refractivity contribution < 1.29 is 13.6 Å². The van der Waals surface area contributed by atoms with Gasteiger partial charge in [-0.15, -0.1) is 11.3 Å². The zero-order valence-electron chi connectivity index (χ0n) is 18.6. The second-order valence-corrected chi connectivity index (χ2v) is 9.09. The monoisotopic (exact) mass is 499 g/mol. The number of carbonyl (C=O) groups excluding carboxylic acids is 1. The summed E-state index contributed by atoms with van der Waals surface area (Å²) in [5.74, 6) is 0.0267. The third-order valence-electron chi connectivity index (χ3n) is 5.87. The summed E-state index contributed by atoms with van der Waals surface area (Å²) in [6.45, 7) is -0.290. The van der Waals surface area contributed by atoms with Gasteiger partial charge in [-0.05, 0) is 31.7 Å². The Labute approximate surface area is 203 Å². The van der Waals surface area contributed by atoms with Crippen molar-refractivity contribution in [2.75, 3.05) is 11.9 Å². The topological polar surface area (TPSA) is 126 Å². The molecule has 4 aromatic rings. The smallest absolute Gasteiger partial charge is 0.275 e. The standard InChI is InChI=1S/C22H23F2N9OS/c23-18(24)10-27-14-2-4-15(5-3-14)33-11-16(19(32-33)20-25-6-1-7-26-20)30-21(34)17-12-35-22(31-17)13-8-28-29-9-13/h1,6-9,11-12,14-15,18,27H,2-5,10H2,(H,28,29)(H,30,34)/t14-,15-. The highest BCUT2D eigenvalue weighted by molar-refractivity contribution is 7.13. The molecule has 1 fully saturated rings. The van der Waals surface area contributed by atoms with Crippen LogP contribution in [0.4, 0.5) is 14.5 Å². The first-order chi connectivity index (χ1) is 17.1. The van der Waals surface area contributed by atoms with Gasteiger partial charge in [0.25, 0.3) is 12.3 Å². The highest BCUT2D eigenvalue weighted by Gasteiger charge is 2.26. The molecule has 35 heavy (non-hydrogen) atoms. The summed E-state index contributed by atoms with van der Waals surface area (Å²) < 4.78 is 26.8. The van der Waals surface area contributed by atoms with E-state index in [1.165, 1.54) is 11.3 Å². The molecule has 1 aliphatic carbocycles. The molecule has 0 bridgehead atoms. The van der Waals surface area contributed by atoms with Gasteiger partial charge in [-0.2, -0.15) is 10.2 Å². The van der Waals surface area contributed by atoms with E-state index in [4.69, 9.17) is 5.10 Å².